The van der Waals surface area contributed by atoms with Crippen molar-refractivity contribution in [3.05, 3.63) is 28.6 Å². The van der Waals surface area contributed by atoms with E-state index in [1.165, 1.54) is 12.1 Å². The molecule has 0 fully saturated rings. The van der Waals surface area contributed by atoms with Crippen molar-refractivity contribution in [3.8, 4) is 11.3 Å². The van der Waals surface area contributed by atoms with Crippen LogP contribution in [0.15, 0.2) is 22.8 Å². The Hall–Kier alpha value is -3.64. The lowest BCUT2D eigenvalue weighted by atomic mass is 10.00. The molecule has 1 aromatic carbocycles. The van der Waals surface area contributed by atoms with Gasteiger partial charge in [-0.1, -0.05) is 32.5 Å². The van der Waals surface area contributed by atoms with E-state index in [0.29, 0.717) is 6.61 Å². The Morgan fingerprint density at radius 3 is 2.31 bits per heavy atom. The van der Waals surface area contributed by atoms with E-state index in [0.717, 1.165) is 19.2 Å². The third-order valence-corrected chi connectivity index (χ3v) is 9.89. The number of alkyl carbamates (subject to hydrolysis) is 1. The summed E-state index contributed by atoms with van der Waals surface area (Å²) >= 11 is 3.53. The highest BCUT2D eigenvalue weighted by Gasteiger charge is 2.48. The Morgan fingerprint density at radius 2 is 1.73 bits per heavy atom. The zero-order valence-corrected chi connectivity index (χ0v) is 31.1. The van der Waals surface area contributed by atoms with E-state index in [2.05, 4.69) is 50.9 Å². The maximum absolute atomic E-state index is 14.2. The number of anilines is 2. The van der Waals surface area contributed by atoms with Crippen LogP contribution in [0.5, 0.6) is 0 Å². The van der Waals surface area contributed by atoms with Crippen molar-refractivity contribution in [2.24, 2.45) is 0 Å². The number of halogens is 4. The first kappa shape index (κ1) is 39.8. The number of hydrogen-bond donors (Lipinski definition) is 3. The van der Waals surface area contributed by atoms with Crippen molar-refractivity contribution in [2.45, 2.75) is 103 Å². The molecular weight excluding hydrogens is 735 g/mol. The minimum absolute atomic E-state index is 0.0316. The van der Waals surface area contributed by atoms with Crippen molar-refractivity contribution >= 4 is 59.4 Å². The first-order valence-electron chi connectivity index (χ1n) is 15.6. The molecular formula is C31H43BrF3N5O8Si. The maximum atomic E-state index is 14.2. The molecule has 2 heterocycles. The van der Waals surface area contributed by atoms with Gasteiger partial charge in [0.05, 0.1) is 18.8 Å². The van der Waals surface area contributed by atoms with Crippen LogP contribution in [0.3, 0.4) is 0 Å². The molecule has 3 N–H and O–H groups in total. The van der Waals surface area contributed by atoms with Crippen molar-refractivity contribution in [2.75, 3.05) is 23.9 Å². The van der Waals surface area contributed by atoms with E-state index < -0.39 is 61.7 Å². The zero-order valence-electron chi connectivity index (χ0n) is 28.5. The van der Waals surface area contributed by atoms with Gasteiger partial charge in [-0.3, -0.25) is 19.6 Å². The number of carboxylic acid groups (broad SMARTS) is 1. The zero-order chi connectivity index (χ0) is 36.9. The van der Waals surface area contributed by atoms with Gasteiger partial charge in [-0.2, -0.15) is 13.2 Å². The summed E-state index contributed by atoms with van der Waals surface area (Å²) in [5.74, 6) is -3.80. The molecule has 2 bridgehead atoms. The minimum Gasteiger partial charge on any atom is -0.480 e. The molecule has 0 saturated carbocycles. The van der Waals surface area contributed by atoms with Crippen LogP contribution in [-0.4, -0.2) is 78.3 Å². The predicted octanol–water partition coefficient (Wildman–Crippen LogP) is 7.29. The van der Waals surface area contributed by atoms with Crippen LogP contribution in [0.2, 0.25) is 25.7 Å². The fourth-order valence-electron chi connectivity index (χ4n) is 5.04. The Labute approximate surface area is 292 Å². The van der Waals surface area contributed by atoms with E-state index in [9.17, 15) is 37.5 Å². The number of alkyl halides is 3. The van der Waals surface area contributed by atoms with Crippen LogP contribution in [0, 0.1) is 0 Å². The third-order valence-electron chi connectivity index (χ3n) is 7.38. The average Bonchev–Trinajstić information content (AvgIpc) is 3.28. The summed E-state index contributed by atoms with van der Waals surface area (Å²) in [5.41, 5.74) is -1.41. The van der Waals surface area contributed by atoms with E-state index in [-0.39, 0.29) is 64.7 Å². The van der Waals surface area contributed by atoms with Gasteiger partial charge in [0.15, 0.2) is 0 Å². The number of nitrogens with zero attached hydrogens (tertiary/aromatic N) is 3. The fourth-order valence-corrected chi connectivity index (χ4v) is 6.38. The summed E-state index contributed by atoms with van der Waals surface area (Å²) in [6.07, 6.45) is -7.02. The van der Waals surface area contributed by atoms with Crippen molar-refractivity contribution in [1.29, 1.82) is 0 Å². The summed E-state index contributed by atoms with van der Waals surface area (Å²) < 4.78 is 60.5. The van der Waals surface area contributed by atoms with Gasteiger partial charge in [0.1, 0.15) is 34.5 Å². The number of nitrogens with one attached hydrogen (secondary N) is 2. The second-order valence-electron chi connectivity index (χ2n) is 13.7. The molecule has 272 valence electrons. The van der Waals surface area contributed by atoms with Crippen LogP contribution in [0.25, 0.3) is 11.3 Å². The Bertz CT molecular complexity index is 1540. The number of rotatable bonds is 8. The number of benzene rings is 1. The Kier molecular flexibility index (Phi) is 12.9. The fraction of sp³-hybridized carbons (Fsp3) is 0.581. The van der Waals surface area contributed by atoms with Crippen molar-refractivity contribution < 1.29 is 51.7 Å². The molecule has 1 aromatic heterocycles. The SMILES string of the molecule is COC(=O)Nc1ccc2c(c1)N(C(=O)C(F)(F)F)[C@@H](C(=O)O)CCCC[C@H](NC(=O)OC(C)(C)C)c1nc-2c(Br)n1COCC[Si](C)(C)C. The van der Waals surface area contributed by atoms with Gasteiger partial charge in [0, 0.05) is 25.9 Å². The van der Waals surface area contributed by atoms with E-state index in [1.807, 2.05) is 0 Å². The quantitative estimate of drug-likeness (QED) is 0.185. The van der Waals surface area contributed by atoms with Crippen molar-refractivity contribution in [1.82, 2.24) is 14.9 Å². The second-order valence-corrected chi connectivity index (χ2v) is 20.1. The van der Waals surface area contributed by atoms with E-state index in [1.54, 1.807) is 25.3 Å². The molecule has 1 aliphatic rings. The molecule has 0 aliphatic carbocycles. The molecule has 3 amide bonds. The molecule has 3 rings (SSSR count). The van der Waals surface area contributed by atoms with Gasteiger partial charge in [-0.15, -0.1) is 0 Å². The largest absolute Gasteiger partial charge is 0.480 e. The van der Waals surface area contributed by atoms with Crippen LogP contribution >= 0.6 is 15.9 Å². The number of carbonyl (C=O) groups excluding carboxylic acids is 3. The number of hydrogen-bond acceptors (Lipinski definition) is 8. The number of ether oxygens (including phenoxy) is 3. The smallest absolute Gasteiger partial charge is 0.471 e. The lowest BCUT2D eigenvalue weighted by Gasteiger charge is -2.32. The molecule has 49 heavy (non-hydrogen) atoms. The molecule has 13 nitrogen and oxygen atoms in total. The predicted molar refractivity (Wildman–Crippen MR) is 181 cm³/mol. The molecule has 0 unspecified atom stereocenters. The second kappa shape index (κ2) is 15.9. The first-order valence-corrected chi connectivity index (χ1v) is 20.1. The van der Waals surface area contributed by atoms with Gasteiger partial charge in [-0.05, 0) is 73.8 Å². The first-order chi connectivity index (χ1) is 22.6. The number of imidazole rings is 1. The molecule has 0 saturated heterocycles. The molecule has 2 aromatic rings. The van der Waals surface area contributed by atoms with Crippen LogP contribution in [-0.2, 0) is 30.5 Å². The van der Waals surface area contributed by atoms with Crippen LogP contribution in [0.1, 0.15) is 58.3 Å². The highest BCUT2D eigenvalue weighted by molar-refractivity contribution is 9.10. The van der Waals surface area contributed by atoms with Gasteiger partial charge in [0.2, 0.25) is 0 Å². The number of carbonyl (C=O) groups is 4. The topological polar surface area (TPSA) is 161 Å². The molecule has 1 aliphatic heterocycles. The van der Waals surface area contributed by atoms with Gasteiger partial charge in [-0.25, -0.2) is 19.4 Å². The van der Waals surface area contributed by atoms with Gasteiger partial charge < -0.3 is 24.6 Å². The molecule has 18 heteroatoms. The minimum atomic E-state index is -5.46. The van der Waals surface area contributed by atoms with Gasteiger partial charge in [0.25, 0.3) is 0 Å². The number of carboxylic acids is 1. The lowest BCUT2D eigenvalue weighted by Crippen LogP contribution is -2.51. The number of aromatic nitrogens is 2. The summed E-state index contributed by atoms with van der Waals surface area (Å²) in [4.78, 5) is 55.6. The standard InChI is InChI=1S/C31H43BrF3N5O8Si/c1-30(2,3)48-29(45)37-20-10-8-9-11-21(26(41)42)40(27(43)31(33,34)35)22-16-18(36-28(44)46-4)12-13-19(22)23-24(32)39(25(20)38-23)17-47-14-15-49(5,6)7/h12-13,16,20-21H,8-11,14-15,17H2,1-7H3,(H,36,44)(H,37,45)(H,41,42)/t20-,21+/m0/s1. The monoisotopic (exact) mass is 777 g/mol. The summed E-state index contributed by atoms with van der Waals surface area (Å²) in [7, 11) is -0.396. The highest BCUT2D eigenvalue weighted by Crippen LogP contribution is 2.42. The number of methoxy groups -OCH3 is 1. The number of fused-ring (bicyclic) bond motifs is 4. The number of amides is 3. The molecule has 0 spiro atoms. The summed E-state index contributed by atoms with van der Waals surface area (Å²) in [6, 6.07) is 1.81. The summed E-state index contributed by atoms with van der Waals surface area (Å²) in [6.45, 7) is 12.0. The lowest BCUT2D eigenvalue weighted by molar-refractivity contribution is -0.171. The molecule has 0 radical (unpaired) electrons. The van der Waals surface area contributed by atoms with Crippen LogP contribution in [0.4, 0.5) is 34.1 Å². The van der Waals surface area contributed by atoms with Gasteiger partial charge >= 0.3 is 30.2 Å². The average molecular weight is 779 g/mol. The van der Waals surface area contributed by atoms with Crippen LogP contribution < -0.4 is 15.5 Å². The Morgan fingerprint density at radius 1 is 1.08 bits per heavy atom. The van der Waals surface area contributed by atoms with E-state index >= 15 is 0 Å². The van der Waals surface area contributed by atoms with E-state index in [4.69, 9.17) is 14.5 Å². The Balaban J connectivity index is 2.34. The normalized spacial score (nSPS) is 17.2. The highest BCUT2D eigenvalue weighted by atomic mass is 79.9. The maximum Gasteiger partial charge on any atom is 0.471 e. The van der Waals surface area contributed by atoms with Crippen molar-refractivity contribution in [3.63, 3.8) is 0 Å². The number of aliphatic carboxylic acids is 1. The third kappa shape index (κ3) is 10.9. The molecule has 2 atom stereocenters. The summed E-state index contributed by atoms with van der Waals surface area (Å²) in [5, 5.41) is 15.4.